The molecule has 0 aliphatic carbocycles. The first-order chi connectivity index (χ1) is 14.4. The van der Waals surface area contributed by atoms with Gasteiger partial charge in [0, 0.05) is 24.2 Å². The van der Waals surface area contributed by atoms with Crippen LogP contribution in [0.15, 0.2) is 47.4 Å². The van der Waals surface area contributed by atoms with Gasteiger partial charge in [0.25, 0.3) is 17.7 Å². The van der Waals surface area contributed by atoms with E-state index in [2.05, 4.69) is 10.0 Å². The topological polar surface area (TPSA) is 113 Å². The molecule has 2 aromatic carbocycles. The standard InChI is InChI=1S/C22H25N3O5S/c1-14-5-8-16(9-6-14)31(29,30)24-12-11-23-19(26)15-7-10-17-18(13-15)21(28)25(20(17)27)22(2,3)4/h5-10,13,24H,11-12H2,1-4H3,(H,23,26). The molecule has 2 N–H and O–H groups in total. The number of nitrogens with one attached hydrogen (secondary N) is 2. The first-order valence-electron chi connectivity index (χ1n) is 9.79. The molecule has 0 radical (unpaired) electrons. The highest BCUT2D eigenvalue weighted by molar-refractivity contribution is 7.89. The third kappa shape index (κ3) is 4.67. The van der Waals surface area contributed by atoms with Crippen molar-refractivity contribution in [2.45, 2.75) is 38.1 Å². The first kappa shape index (κ1) is 22.6. The van der Waals surface area contributed by atoms with Crippen LogP contribution in [0.2, 0.25) is 0 Å². The van der Waals surface area contributed by atoms with Crippen LogP contribution in [0.25, 0.3) is 0 Å². The maximum Gasteiger partial charge on any atom is 0.262 e. The van der Waals surface area contributed by atoms with Crippen LogP contribution in [0.4, 0.5) is 0 Å². The second-order valence-corrected chi connectivity index (χ2v) is 10.1. The number of amides is 3. The minimum absolute atomic E-state index is 0.00209. The number of nitrogens with zero attached hydrogens (tertiary/aromatic N) is 1. The average Bonchev–Trinajstić information content (AvgIpc) is 2.95. The number of sulfonamides is 1. The average molecular weight is 444 g/mol. The predicted molar refractivity (Wildman–Crippen MR) is 115 cm³/mol. The molecule has 31 heavy (non-hydrogen) atoms. The maximum absolute atomic E-state index is 12.7. The van der Waals surface area contributed by atoms with Gasteiger partial charge in [-0.15, -0.1) is 0 Å². The van der Waals surface area contributed by atoms with E-state index >= 15 is 0 Å². The number of carbonyl (C=O) groups excluding carboxylic acids is 3. The molecule has 1 aliphatic rings. The molecular formula is C22H25N3O5S. The van der Waals surface area contributed by atoms with Crippen LogP contribution in [0.5, 0.6) is 0 Å². The van der Waals surface area contributed by atoms with Gasteiger partial charge in [-0.1, -0.05) is 17.7 Å². The van der Waals surface area contributed by atoms with Crippen LogP contribution in [0.1, 0.15) is 57.4 Å². The highest BCUT2D eigenvalue weighted by Gasteiger charge is 2.42. The highest BCUT2D eigenvalue weighted by atomic mass is 32.2. The molecular weight excluding hydrogens is 418 g/mol. The third-order valence-electron chi connectivity index (χ3n) is 4.85. The van der Waals surface area contributed by atoms with Gasteiger partial charge in [-0.25, -0.2) is 13.1 Å². The Labute approximate surface area is 181 Å². The van der Waals surface area contributed by atoms with Gasteiger partial charge in [-0.2, -0.15) is 0 Å². The lowest BCUT2D eigenvalue weighted by Gasteiger charge is -2.29. The Hall–Kier alpha value is -3.04. The highest BCUT2D eigenvalue weighted by Crippen LogP contribution is 2.29. The van der Waals surface area contributed by atoms with Crippen molar-refractivity contribution in [1.29, 1.82) is 0 Å². The van der Waals surface area contributed by atoms with Gasteiger partial charge in [0.15, 0.2) is 0 Å². The molecule has 0 spiro atoms. The number of carbonyl (C=O) groups is 3. The monoisotopic (exact) mass is 443 g/mol. The minimum atomic E-state index is -3.67. The molecule has 3 amide bonds. The van der Waals surface area contributed by atoms with E-state index in [0.717, 1.165) is 5.56 Å². The minimum Gasteiger partial charge on any atom is -0.351 e. The number of aryl methyl sites for hydroxylation is 1. The van der Waals surface area contributed by atoms with Crippen LogP contribution >= 0.6 is 0 Å². The summed E-state index contributed by atoms with van der Waals surface area (Å²) in [6, 6.07) is 10.8. The maximum atomic E-state index is 12.7. The summed E-state index contributed by atoms with van der Waals surface area (Å²) in [7, 11) is -3.67. The van der Waals surface area contributed by atoms with E-state index in [9.17, 15) is 22.8 Å². The molecule has 1 aliphatic heterocycles. The second-order valence-electron chi connectivity index (χ2n) is 8.34. The Bertz CT molecular complexity index is 1150. The van der Waals surface area contributed by atoms with Gasteiger partial charge in [-0.3, -0.25) is 19.3 Å². The fraction of sp³-hybridized carbons (Fsp3) is 0.318. The zero-order valence-electron chi connectivity index (χ0n) is 17.9. The van der Waals surface area contributed by atoms with E-state index in [1.165, 1.54) is 35.2 Å². The zero-order chi connectivity index (χ0) is 23.0. The fourth-order valence-corrected chi connectivity index (χ4v) is 4.29. The van der Waals surface area contributed by atoms with Crippen LogP contribution in [-0.4, -0.2) is 49.7 Å². The van der Waals surface area contributed by atoms with Gasteiger partial charge in [0.05, 0.1) is 16.0 Å². The summed E-state index contributed by atoms with van der Waals surface area (Å²) >= 11 is 0. The second kappa shape index (κ2) is 8.24. The summed E-state index contributed by atoms with van der Waals surface area (Å²) in [6.07, 6.45) is 0. The molecule has 0 aromatic heterocycles. The van der Waals surface area contributed by atoms with E-state index in [0.29, 0.717) is 0 Å². The third-order valence-corrected chi connectivity index (χ3v) is 6.33. The Balaban J connectivity index is 1.61. The number of rotatable bonds is 6. The molecule has 2 aromatic rings. The number of imide groups is 1. The molecule has 0 atom stereocenters. The number of hydrogen-bond acceptors (Lipinski definition) is 5. The van der Waals surface area contributed by atoms with Crippen molar-refractivity contribution in [3.8, 4) is 0 Å². The molecule has 0 bridgehead atoms. The van der Waals surface area contributed by atoms with Gasteiger partial charge in [-0.05, 0) is 58.0 Å². The van der Waals surface area contributed by atoms with Crippen molar-refractivity contribution in [2.75, 3.05) is 13.1 Å². The summed E-state index contributed by atoms with van der Waals surface area (Å²) in [5.41, 5.74) is 0.947. The lowest BCUT2D eigenvalue weighted by Crippen LogP contribution is -2.45. The van der Waals surface area contributed by atoms with Crippen LogP contribution < -0.4 is 10.0 Å². The Kier molecular flexibility index (Phi) is 6.02. The Morgan fingerprint density at radius 2 is 1.55 bits per heavy atom. The molecule has 0 fully saturated rings. The molecule has 0 unspecified atom stereocenters. The Morgan fingerprint density at radius 3 is 2.16 bits per heavy atom. The summed E-state index contributed by atoms with van der Waals surface area (Å²) in [6.45, 7) is 7.21. The SMILES string of the molecule is Cc1ccc(S(=O)(=O)NCCNC(=O)c2ccc3c(c2)C(=O)N(C(C)(C)C)C3=O)cc1. The predicted octanol–water partition coefficient (Wildman–Crippen LogP) is 2.10. The lowest BCUT2D eigenvalue weighted by atomic mass is 10.1. The lowest BCUT2D eigenvalue weighted by molar-refractivity contribution is 0.0507. The molecule has 0 saturated carbocycles. The van der Waals surface area contributed by atoms with Crippen molar-refractivity contribution < 1.29 is 22.8 Å². The van der Waals surface area contributed by atoms with Crippen LogP contribution in [0, 0.1) is 6.92 Å². The van der Waals surface area contributed by atoms with E-state index in [4.69, 9.17) is 0 Å². The van der Waals surface area contributed by atoms with E-state index in [-0.39, 0.29) is 40.6 Å². The van der Waals surface area contributed by atoms with E-state index in [1.807, 2.05) is 6.92 Å². The molecule has 164 valence electrons. The quantitative estimate of drug-likeness (QED) is 0.524. The van der Waals surface area contributed by atoms with Crippen molar-refractivity contribution >= 4 is 27.7 Å². The van der Waals surface area contributed by atoms with Crippen LogP contribution in [-0.2, 0) is 10.0 Å². The van der Waals surface area contributed by atoms with Crippen molar-refractivity contribution in [3.63, 3.8) is 0 Å². The van der Waals surface area contributed by atoms with Crippen molar-refractivity contribution in [2.24, 2.45) is 0 Å². The van der Waals surface area contributed by atoms with E-state index < -0.39 is 27.4 Å². The molecule has 0 saturated heterocycles. The largest absolute Gasteiger partial charge is 0.351 e. The van der Waals surface area contributed by atoms with Crippen molar-refractivity contribution in [3.05, 3.63) is 64.7 Å². The fourth-order valence-electron chi connectivity index (χ4n) is 3.26. The van der Waals surface area contributed by atoms with Crippen LogP contribution in [0.3, 0.4) is 0 Å². The molecule has 3 rings (SSSR count). The van der Waals surface area contributed by atoms with Gasteiger partial charge < -0.3 is 5.32 Å². The first-order valence-corrected chi connectivity index (χ1v) is 11.3. The summed E-state index contributed by atoms with van der Waals surface area (Å²) in [5.74, 6) is -1.29. The van der Waals surface area contributed by atoms with Crippen molar-refractivity contribution in [1.82, 2.24) is 14.9 Å². The zero-order valence-corrected chi connectivity index (χ0v) is 18.7. The van der Waals surface area contributed by atoms with Gasteiger partial charge >= 0.3 is 0 Å². The molecule has 1 heterocycles. The van der Waals surface area contributed by atoms with E-state index in [1.54, 1.807) is 32.9 Å². The molecule has 8 nitrogen and oxygen atoms in total. The number of hydrogen-bond donors (Lipinski definition) is 2. The summed E-state index contributed by atoms with van der Waals surface area (Å²) < 4.78 is 27.0. The summed E-state index contributed by atoms with van der Waals surface area (Å²) in [5, 5.41) is 2.62. The van der Waals surface area contributed by atoms with Gasteiger partial charge in [0.2, 0.25) is 10.0 Å². The van der Waals surface area contributed by atoms with Gasteiger partial charge in [0.1, 0.15) is 0 Å². The number of benzene rings is 2. The smallest absolute Gasteiger partial charge is 0.262 e. The normalized spacial score (nSPS) is 14.0. The Morgan fingerprint density at radius 1 is 0.935 bits per heavy atom. The number of fused-ring (bicyclic) bond motifs is 1. The molecule has 9 heteroatoms. The summed E-state index contributed by atoms with van der Waals surface area (Å²) in [4.78, 5) is 38.9.